The molecule has 20 heavy (non-hydrogen) atoms. The standard InChI is InChI=1S/C16H22Br2N2/c17-13-7-4-8-14(18)16(13)20-10-9-19-15(11-20)12-5-2-1-3-6-12/h4,7-8,12,15,19H,1-3,5-6,9-11H2. The van der Waals surface area contributed by atoms with Crippen LogP contribution in [0.25, 0.3) is 0 Å². The van der Waals surface area contributed by atoms with E-state index in [1.54, 1.807) is 0 Å². The van der Waals surface area contributed by atoms with Crippen molar-refractivity contribution in [1.29, 1.82) is 0 Å². The normalized spacial score (nSPS) is 24.9. The van der Waals surface area contributed by atoms with E-state index in [0.29, 0.717) is 6.04 Å². The van der Waals surface area contributed by atoms with Crippen LogP contribution in [-0.4, -0.2) is 25.7 Å². The lowest BCUT2D eigenvalue weighted by molar-refractivity contribution is 0.257. The van der Waals surface area contributed by atoms with Crippen LogP contribution < -0.4 is 10.2 Å². The number of nitrogens with one attached hydrogen (secondary N) is 1. The number of anilines is 1. The number of para-hydroxylation sites is 1. The molecule has 2 aliphatic rings. The van der Waals surface area contributed by atoms with Gasteiger partial charge in [-0.1, -0.05) is 25.3 Å². The fourth-order valence-electron chi connectivity index (χ4n) is 3.62. The van der Waals surface area contributed by atoms with E-state index in [9.17, 15) is 0 Å². The molecule has 1 saturated carbocycles. The molecular weight excluding hydrogens is 380 g/mol. The molecule has 1 saturated heterocycles. The van der Waals surface area contributed by atoms with E-state index in [0.717, 1.165) is 25.6 Å². The van der Waals surface area contributed by atoms with Gasteiger partial charge in [0.15, 0.2) is 0 Å². The van der Waals surface area contributed by atoms with E-state index in [4.69, 9.17) is 0 Å². The van der Waals surface area contributed by atoms with Crippen molar-refractivity contribution < 1.29 is 0 Å². The highest BCUT2D eigenvalue weighted by molar-refractivity contribution is 9.11. The van der Waals surface area contributed by atoms with Crippen LogP contribution in [0.5, 0.6) is 0 Å². The molecule has 1 aromatic rings. The first-order valence-corrected chi connectivity index (χ1v) is 9.26. The number of nitrogens with zero attached hydrogens (tertiary/aromatic N) is 1. The van der Waals surface area contributed by atoms with Crippen LogP contribution in [0.3, 0.4) is 0 Å². The Hall–Kier alpha value is -0.0600. The van der Waals surface area contributed by atoms with Gasteiger partial charge in [-0.15, -0.1) is 0 Å². The predicted molar refractivity (Wildman–Crippen MR) is 92.4 cm³/mol. The van der Waals surface area contributed by atoms with Crippen molar-refractivity contribution in [3.63, 3.8) is 0 Å². The quantitative estimate of drug-likeness (QED) is 0.780. The van der Waals surface area contributed by atoms with E-state index in [2.05, 4.69) is 60.3 Å². The summed E-state index contributed by atoms with van der Waals surface area (Å²) in [5, 5.41) is 3.76. The highest BCUT2D eigenvalue weighted by atomic mass is 79.9. The summed E-state index contributed by atoms with van der Waals surface area (Å²) in [5.41, 5.74) is 1.31. The summed E-state index contributed by atoms with van der Waals surface area (Å²) in [4.78, 5) is 2.53. The number of hydrogen-bond acceptors (Lipinski definition) is 2. The van der Waals surface area contributed by atoms with Gasteiger partial charge in [0, 0.05) is 34.6 Å². The Labute approximate surface area is 138 Å². The second-order valence-electron chi connectivity index (χ2n) is 5.97. The first kappa shape index (κ1) is 14.9. The van der Waals surface area contributed by atoms with Crippen molar-refractivity contribution in [2.45, 2.75) is 38.1 Å². The minimum atomic E-state index is 0.656. The third kappa shape index (κ3) is 3.23. The zero-order chi connectivity index (χ0) is 13.9. The molecule has 1 heterocycles. The Bertz CT molecular complexity index is 438. The van der Waals surface area contributed by atoms with Gasteiger partial charge in [-0.25, -0.2) is 0 Å². The van der Waals surface area contributed by atoms with Gasteiger partial charge in [-0.2, -0.15) is 0 Å². The summed E-state index contributed by atoms with van der Waals surface area (Å²) in [5.74, 6) is 0.868. The zero-order valence-electron chi connectivity index (χ0n) is 11.7. The van der Waals surface area contributed by atoms with Gasteiger partial charge in [0.05, 0.1) is 5.69 Å². The number of rotatable bonds is 2. The number of benzene rings is 1. The number of hydrogen-bond donors (Lipinski definition) is 1. The molecule has 3 rings (SSSR count). The van der Waals surface area contributed by atoms with Crippen molar-refractivity contribution >= 4 is 37.5 Å². The molecule has 2 fully saturated rings. The fraction of sp³-hybridized carbons (Fsp3) is 0.625. The minimum Gasteiger partial charge on any atom is -0.367 e. The van der Waals surface area contributed by atoms with E-state index >= 15 is 0 Å². The lowest BCUT2D eigenvalue weighted by Gasteiger charge is -2.41. The van der Waals surface area contributed by atoms with Crippen LogP contribution in [0.2, 0.25) is 0 Å². The molecule has 1 aromatic carbocycles. The van der Waals surface area contributed by atoms with Gasteiger partial charge in [-0.05, 0) is 62.8 Å². The maximum atomic E-state index is 3.76. The minimum absolute atomic E-state index is 0.656. The molecule has 0 amide bonds. The van der Waals surface area contributed by atoms with E-state index in [1.807, 2.05) is 0 Å². The number of halogens is 2. The largest absolute Gasteiger partial charge is 0.367 e. The number of piperazine rings is 1. The van der Waals surface area contributed by atoms with E-state index in [-0.39, 0.29) is 0 Å². The molecule has 1 aliphatic heterocycles. The van der Waals surface area contributed by atoms with Gasteiger partial charge < -0.3 is 10.2 Å². The Morgan fingerprint density at radius 3 is 2.45 bits per heavy atom. The predicted octanol–water partition coefficient (Wildman–Crippen LogP) is 4.57. The van der Waals surface area contributed by atoms with Crippen LogP contribution in [0, 0.1) is 5.92 Å². The van der Waals surface area contributed by atoms with Crippen molar-refractivity contribution in [3.05, 3.63) is 27.1 Å². The maximum Gasteiger partial charge on any atom is 0.0655 e. The van der Waals surface area contributed by atoms with Gasteiger partial charge >= 0.3 is 0 Å². The summed E-state index contributed by atoms with van der Waals surface area (Å²) >= 11 is 7.41. The average Bonchev–Trinajstić information content (AvgIpc) is 2.48. The van der Waals surface area contributed by atoms with E-state index < -0.39 is 0 Å². The molecule has 1 aliphatic carbocycles. The molecule has 1 atom stereocenters. The monoisotopic (exact) mass is 400 g/mol. The first-order chi connectivity index (χ1) is 9.75. The molecule has 0 spiro atoms. The Kier molecular flexibility index (Phi) is 5.05. The summed E-state index contributed by atoms with van der Waals surface area (Å²) in [6.07, 6.45) is 7.08. The summed E-state index contributed by atoms with van der Waals surface area (Å²) in [6, 6.07) is 7.01. The topological polar surface area (TPSA) is 15.3 Å². The van der Waals surface area contributed by atoms with Crippen molar-refractivity contribution in [1.82, 2.24) is 5.32 Å². The maximum absolute atomic E-state index is 3.76. The second kappa shape index (κ2) is 6.80. The lowest BCUT2D eigenvalue weighted by Crippen LogP contribution is -2.54. The van der Waals surface area contributed by atoms with Crippen LogP contribution >= 0.6 is 31.9 Å². The Balaban J connectivity index is 1.74. The van der Waals surface area contributed by atoms with Crippen LogP contribution in [0.1, 0.15) is 32.1 Å². The smallest absolute Gasteiger partial charge is 0.0655 e. The SMILES string of the molecule is Brc1cccc(Br)c1N1CCNC(C2CCCCC2)C1. The summed E-state index contributed by atoms with van der Waals surface area (Å²) in [7, 11) is 0. The van der Waals surface area contributed by atoms with Gasteiger partial charge in [0.25, 0.3) is 0 Å². The van der Waals surface area contributed by atoms with Crippen molar-refractivity contribution in [2.24, 2.45) is 5.92 Å². The molecule has 0 aromatic heterocycles. The second-order valence-corrected chi connectivity index (χ2v) is 7.68. The molecule has 4 heteroatoms. The third-order valence-electron chi connectivity index (χ3n) is 4.68. The summed E-state index contributed by atoms with van der Waals surface area (Å²) < 4.78 is 2.38. The molecule has 1 N–H and O–H groups in total. The van der Waals surface area contributed by atoms with Gasteiger partial charge in [0.1, 0.15) is 0 Å². The Morgan fingerprint density at radius 2 is 1.75 bits per heavy atom. The van der Waals surface area contributed by atoms with Crippen LogP contribution in [0.15, 0.2) is 27.1 Å². The molecule has 2 nitrogen and oxygen atoms in total. The van der Waals surface area contributed by atoms with Gasteiger partial charge in [-0.3, -0.25) is 0 Å². The van der Waals surface area contributed by atoms with Crippen LogP contribution in [0.4, 0.5) is 5.69 Å². The van der Waals surface area contributed by atoms with Crippen LogP contribution in [-0.2, 0) is 0 Å². The zero-order valence-corrected chi connectivity index (χ0v) is 14.9. The highest BCUT2D eigenvalue weighted by Gasteiger charge is 2.29. The Morgan fingerprint density at radius 1 is 1.05 bits per heavy atom. The third-order valence-corrected chi connectivity index (χ3v) is 5.96. The molecule has 0 radical (unpaired) electrons. The highest BCUT2D eigenvalue weighted by Crippen LogP contribution is 2.36. The van der Waals surface area contributed by atoms with Gasteiger partial charge in [0.2, 0.25) is 0 Å². The van der Waals surface area contributed by atoms with E-state index in [1.165, 1.54) is 46.7 Å². The average molecular weight is 402 g/mol. The molecular formula is C16H22Br2N2. The fourth-order valence-corrected chi connectivity index (χ4v) is 5.12. The molecule has 1 unspecified atom stereocenters. The molecule has 0 bridgehead atoms. The lowest BCUT2D eigenvalue weighted by atomic mass is 9.83. The van der Waals surface area contributed by atoms with Crippen molar-refractivity contribution in [2.75, 3.05) is 24.5 Å². The summed E-state index contributed by atoms with van der Waals surface area (Å²) in [6.45, 7) is 3.31. The van der Waals surface area contributed by atoms with Crippen molar-refractivity contribution in [3.8, 4) is 0 Å². The first-order valence-electron chi connectivity index (χ1n) is 7.68. The molecule has 110 valence electrons.